The third kappa shape index (κ3) is 5.46. The summed E-state index contributed by atoms with van der Waals surface area (Å²) in [5.74, 6) is 0.512. The highest BCUT2D eigenvalue weighted by Crippen LogP contribution is 2.19. The highest BCUT2D eigenvalue weighted by molar-refractivity contribution is 9.10. The fourth-order valence-electron chi connectivity index (χ4n) is 1.81. The van der Waals surface area contributed by atoms with Crippen LogP contribution in [0.25, 0.3) is 0 Å². The molecule has 0 radical (unpaired) electrons. The third-order valence-electron chi connectivity index (χ3n) is 3.16. The molecule has 0 saturated heterocycles. The Kier molecular flexibility index (Phi) is 6.46. The van der Waals surface area contributed by atoms with Gasteiger partial charge in [-0.3, -0.25) is 4.79 Å². The van der Waals surface area contributed by atoms with Crippen molar-refractivity contribution in [2.75, 3.05) is 0 Å². The Morgan fingerprint density at radius 2 is 1.73 bits per heavy atom. The molecule has 1 unspecified atom stereocenters. The topological polar surface area (TPSA) is 29.1 Å². The van der Waals surface area contributed by atoms with Gasteiger partial charge in [-0.15, -0.1) is 11.8 Å². The molecule has 5 heteroatoms. The minimum absolute atomic E-state index is 0.00793. The number of hydrogen-bond acceptors (Lipinski definition) is 2. The van der Waals surface area contributed by atoms with E-state index in [0.717, 1.165) is 15.8 Å². The highest BCUT2D eigenvalue weighted by Gasteiger charge is 2.13. The van der Waals surface area contributed by atoms with Crippen LogP contribution in [0.2, 0.25) is 0 Å². The summed E-state index contributed by atoms with van der Waals surface area (Å²) in [6, 6.07) is 14.2. The Morgan fingerprint density at radius 3 is 2.36 bits per heavy atom. The molecule has 0 aliphatic heterocycles. The zero-order valence-electron chi connectivity index (χ0n) is 12.2. The molecule has 0 aromatic heterocycles. The van der Waals surface area contributed by atoms with Crippen LogP contribution in [-0.2, 0) is 17.1 Å². The van der Waals surface area contributed by atoms with Crippen LogP contribution >= 0.6 is 27.7 Å². The number of halogens is 2. The van der Waals surface area contributed by atoms with Crippen molar-refractivity contribution in [1.82, 2.24) is 5.32 Å². The smallest absolute Gasteiger partial charge is 0.233 e. The Morgan fingerprint density at radius 1 is 1.14 bits per heavy atom. The van der Waals surface area contributed by atoms with E-state index in [1.54, 1.807) is 23.9 Å². The van der Waals surface area contributed by atoms with Crippen LogP contribution in [0.5, 0.6) is 0 Å². The van der Waals surface area contributed by atoms with Gasteiger partial charge in [-0.05, 0) is 42.3 Å². The summed E-state index contributed by atoms with van der Waals surface area (Å²) < 4.78 is 13.9. The SMILES string of the molecule is CC(SCc1ccc(Br)cc1)C(=O)NCc1ccc(F)cc1. The lowest BCUT2D eigenvalue weighted by Gasteiger charge is -2.12. The number of rotatable bonds is 6. The second kappa shape index (κ2) is 8.34. The van der Waals surface area contributed by atoms with Gasteiger partial charge in [0, 0.05) is 16.8 Å². The predicted octanol–water partition coefficient (Wildman–Crippen LogP) is 4.53. The maximum absolute atomic E-state index is 12.8. The first-order valence-corrected chi connectivity index (χ1v) is 8.77. The second-order valence-electron chi connectivity index (χ2n) is 4.92. The van der Waals surface area contributed by atoms with Crippen molar-refractivity contribution >= 4 is 33.6 Å². The molecule has 0 saturated carbocycles. The van der Waals surface area contributed by atoms with Gasteiger partial charge < -0.3 is 5.32 Å². The van der Waals surface area contributed by atoms with E-state index in [1.807, 2.05) is 31.2 Å². The Balaban J connectivity index is 1.76. The van der Waals surface area contributed by atoms with Crippen LogP contribution in [0.4, 0.5) is 4.39 Å². The molecule has 2 aromatic carbocycles. The Hall–Kier alpha value is -1.33. The number of thioether (sulfide) groups is 1. The van der Waals surface area contributed by atoms with Crippen LogP contribution in [0.15, 0.2) is 53.0 Å². The minimum atomic E-state index is -0.270. The summed E-state index contributed by atoms with van der Waals surface area (Å²) in [6.45, 7) is 2.31. The third-order valence-corrected chi connectivity index (χ3v) is 4.91. The molecule has 0 spiro atoms. The standard InChI is InChI=1S/C17H17BrFNOS/c1-12(22-11-14-2-6-15(18)7-3-14)17(21)20-10-13-4-8-16(19)9-5-13/h2-9,12H,10-11H2,1H3,(H,20,21). The van der Waals surface area contributed by atoms with E-state index in [4.69, 9.17) is 0 Å². The number of carbonyl (C=O) groups excluding carboxylic acids is 1. The largest absolute Gasteiger partial charge is 0.351 e. The summed E-state index contributed by atoms with van der Waals surface area (Å²) in [7, 11) is 0. The number of amides is 1. The number of benzene rings is 2. The minimum Gasteiger partial charge on any atom is -0.351 e. The van der Waals surface area contributed by atoms with Crippen LogP contribution in [0.3, 0.4) is 0 Å². The van der Waals surface area contributed by atoms with Crippen molar-refractivity contribution in [3.05, 3.63) is 69.9 Å². The molecule has 2 aromatic rings. The van der Waals surface area contributed by atoms with Gasteiger partial charge in [0.15, 0.2) is 0 Å². The number of carbonyl (C=O) groups is 1. The zero-order valence-corrected chi connectivity index (χ0v) is 14.6. The van der Waals surface area contributed by atoms with Crippen molar-refractivity contribution in [1.29, 1.82) is 0 Å². The van der Waals surface area contributed by atoms with Crippen molar-refractivity contribution in [3.63, 3.8) is 0 Å². The Bertz CT molecular complexity index is 616. The van der Waals surface area contributed by atoms with Gasteiger partial charge in [0.1, 0.15) is 5.82 Å². The van der Waals surface area contributed by atoms with E-state index in [9.17, 15) is 9.18 Å². The lowest BCUT2D eigenvalue weighted by Crippen LogP contribution is -2.30. The molecule has 0 aliphatic carbocycles. The van der Waals surface area contributed by atoms with Crippen molar-refractivity contribution in [2.45, 2.75) is 24.5 Å². The first kappa shape index (κ1) is 17.0. The molecule has 0 aliphatic rings. The highest BCUT2D eigenvalue weighted by atomic mass is 79.9. The van der Waals surface area contributed by atoms with E-state index in [-0.39, 0.29) is 17.0 Å². The van der Waals surface area contributed by atoms with Gasteiger partial charge in [-0.25, -0.2) is 4.39 Å². The maximum atomic E-state index is 12.8. The van der Waals surface area contributed by atoms with E-state index in [0.29, 0.717) is 6.54 Å². The van der Waals surface area contributed by atoms with E-state index < -0.39 is 0 Å². The molecular formula is C17H17BrFNOS. The average molecular weight is 382 g/mol. The molecule has 2 nitrogen and oxygen atoms in total. The van der Waals surface area contributed by atoms with Gasteiger partial charge in [0.05, 0.1) is 5.25 Å². The summed E-state index contributed by atoms with van der Waals surface area (Å²) in [5.41, 5.74) is 2.08. The monoisotopic (exact) mass is 381 g/mol. The summed E-state index contributed by atoms with van der Waals surface area (Å²) in [4.78, 5) is 12.0. The van der Waals surface area contributed by atoms with E-state index >= 15 is 0 Å². The molecule has 0 bridgehead atoms. The first-order valence-electron chi connectivity index (χ1n) is 6.93. The fraction of sp³-hybridized carbons (Fsp3) is 0.235. The van der Waals surface area contributed by atoms with Gasteiger partial charge >= 0.3 is 0 Å². The van der Waals surface area contributed by atoms with Crippen molar-refractivity contribution in [2.24, 2.45) is 0 Å². The molecule has 1 N–H and O–H groups in total. The fourth-order valence-corrected chi connectivity index (χ4v) is 2.95. The molecule has 0 heterocycles. The molecule has 1 amide bonds. The van der Waals surface area contributed by atoms with Gasteiger partial charge in [-0.1, -0.05) is 40.2 Å². The van der Waals surface area contributed by atoms with Crippen molar-refractivity contribution < 1.29 is 9.18 Å². The molecule has 2 rings (SSSR count). The van der Waals surface area contributed by atoms with Gasteiger partial charge in [0.2, 0.25) is 5.91 Å². The number of nitrogens with one attached hydrogen (secondary N) is 1. The molecule has 1 atom stereocenters. The van der Waals surface area contributed by atoms with Crippen LogP contribution < -0.4 is 5.32 Å². The lowest BCUT2D eigenvalue weighted by atomic mass is 10.2. The molecular weight excluding hydrogens is 365 g/mol. The second-order valence-corrected chi connectivity index (χ2v) is 7.17. The van der Waals surface area contributed by atoms with Gasteiger partial charge in [-0.2, -0.15) is 0 Å². The number of hydrogen-bond donors (Lipinski definition) is 1. The predicted molar refractivity (Wildman–Crippen MR) is 93.1 cm³/mol. The van der Waals surface area contributed by atoms with Gasteiger partial charge in [0.25, 0.3) is 0 Å². The average Bonchev–Trinajstić information content (AvgIpc) is 2.53. The van der Waals surface area contributed by atoms with Crippen LogP contribution in [0, 0.1) is 5.82 Å². The summed E-state index contributed by atoms with van der Waals surface area (Å²) in [6.07, 6.45) is 0. The zero-order chi connectivity index (χ0) is 15.9. The Labute approximate surface area is 142 Å². The maximum Gasteiger partial charge on any atom is 0.233 e. The van der Waals surface area contributed by atoms with E-state index in [2.05, 4.69) is 21.2 Å². The molecule has 0 fully saturated rings. The van der Waals surface area contributed by atoms with Crippen LogP contribution in [-0.4, -0.2) is 11.2 Å². The van der Waals surface area contributed by atoms with Crippen LogP contribution in [0.1, 0.15) is 18.1 Å². The molecule has 116 valence electrons. The first-order chi connectivity index (χ1) is 10.5. The van der Waals surface area contributed by atoms with E-state index in [1.165, 1.54) is 17.7 Å². The summed E-state index contributed by atoms with van der Waals surface area (Å²) >= 11 is 5.00. The van der Waals surface area contributed by atoms with Crippen molar-refractivity contribution in [3.8, 4) is 0 Å². The normalized spacial score (nSPS) is 12.0. The summed E-state index contributed by atoms with van der Waals surface area (Å²) in [5, 5.41) is 2.74. The quantitative estimate of drug-likeness (QED) is 0.796. The lowest BCUT2D eigenvalue weighted by molar-refractivity contribution is -0.120. The molecule has 22 heavy (non-hydrogen) atoms.